The van der Waals surface area contributed by atoms with Crippen LogP contribution in [0.1, 0.15) is 41.5 Å². The SMILES string of the molecule is CC1=C(C)C(C)C([C-](C)C)=C1C.[Si]=[Zr+2].c1ccc(-c2c[cH-]c3ccccc23)cc1. The number of fused-ring (bicyclic) bond motifs is 1. The van der Waals surface area contributed by atoms with Crippen LogP contribution in [-0.4, -0.2) is 6.88 Å². The third kappa shape index (κ3) is 5.36. The van der Waals surface area contributed by atoms with E-state index in [-0.39, 0.29) is 0 Å². The Labute approximate surface area is 193 Å². The molecule has 0 amide bonds. The summed E-state index contributed by atoms with van der Waals surface area (Å²) >= 11 is 1.36. The van der Waals surface area contributed by atoms with Crippen LogP contribution in [0, 0.1) is 11.8 Å². The maximum atomic E-state index is 3.06. The number of allylic oxidation sites excluding steroid dienone is 4. The standard InChI is InChI=1S/C15H11.C12H19.Si.Zr/c1-2-6-12(7-3-1)15-11-10-13-8-4-5-9-14(13)15;1-7(2)12-10(5)8(3)9(4)11(12)6;;/h1-11H;10H,1-6H3;;/q2*-1;;+2. The summed E-state index contributed by atoms with van der Waals surface area (Å²) in [6.45, 7) is 16.5. The molecular weight excluding hydrogens is 444 g/mol. The van der Waals surface area contributed by atoms with Crippen molar-refractivity contribution < 1.29 is 23.3 Å². The van der Waals surface area contributed by atoms with E-state index >= 15 is 0 Å². The average Bonchev–Trinajstić information content (AvgIpc) is 3.26. The summed E-state index contributed by atoms with van der Waals surface area (Å²) in [4.78, 5) is 0. The van der Waals surface area contributed by atoms with Gasteiger partial charge in [-0.2, -0.15) is 5.57 Å². The molecule has 0 aromatic heterocycles. The van der Waals surface area contributed by atoms with Crippen molar-refractivity contribution in [3.05, 3.63) is 94.9 Å². The number of hydrogen-bond acceptors (Lipinski definition) is 0. The molecule has 146 valence electrons. The van der Waals surface area contributed by atoms with E-state index in [0.29, 0.717) is 5.92 Å². The molecule has 0 saturated carbocycles. The molecule has 1 atom stereocenters. The van der Waals surface area contributed by atoms with Crippen LogP contribution in [0.4, 0.5) is 0 Å². The van der Waals surface area contributed by atoms with Crippen molar-refractivity contribution in [3.8, 4) is 11.1 Å². The monoisotopic (exact) mass is 472 g/mol. The minimum atomic E-state index is 0.648. The maximum Gasteiger partial charge on any atom is -0.0623 e. The van der Waals surface area contributed by atoms with Crippen LogP contribution in [-0.2, 0) is 23.3 Å². The Morgan fingerprint density at radius 2 is 1.45 bits per heavy atom. The smallest absolute Gasteiger partial charge is 0.0623 e. The zero-order valence-electron chi connectivity index (χ0n) is 18.4. The van der Waals surface area contributed by atoms with Gasteiger partial charge in [0.2, 0.25) is 0 Å². The van der Waals surface area contributed by atoms with Crippen LogP contribution in [0.2, 0.25) is 0 Å². The zero-order chi connectivity index (χ0) is 21.6. The van der Waals surface area contributed by atoms with Crippen molar-refractivity contribution in [2.24, 2.45) is 5.92 Å². The van der Waals surface area contributed by atoms with E-state index in [9.17, 15) is 0 Å². The van der Waals surface area contributed by atoms with E-state index in [2.05, 4.69) is 115 Å². The first kappa shape index (κ1) is 23.8. The largest absolute Gasteiger partial charge is 0.150 e. The van der Waals surface area contributed by atoms with Gasteiger partial charge >= 0.3 is 30.2 Å². The molecule has 0 fully saturated rings. The molecule has 0 nitrogen and oxygen atoms in total. The Balaban J connectivity index is 0.000000196. The van der Waals surface area contributed by atoms with Crippen LogP contribution >= 0.6 is 0 Å². The molecule has 2 heteroatoms. The second-order valence-electron chi connectivity index (χ2n) is 7.77. The van der Waals surface area contributed by atoms with Crippen LogP contribution < -0.4 is 0 Å². The number of rotatable bonds is 2. The normalized spacial score (nSPS) is 15.7. The van der Waals surface area contributed by atoms with Gasteiger partial charge in [-0.25, -0.2) is 11.5 Å². The Hall–Kier alpha value is -1.50. The first-order chi connectivity index (χ1) is 13.9. The van der Waals surface area contributed by atoms with E-state index in [1.165, 1.54) is 62.3 Å². The predicted molar refractivity (Wildman–Crippen MR) is 126 cm³/mol. The first-order valence-corrected chi connectivity index (χ1v) is 14.2. The molecule has 1 aliphatic rings. The summed E-state index contributed by atoms with van der Waals surface area (Å²) in [5.74, 6) is 2.12. The van der Waals surface area contributed by atoms with Crippen molar-refractivity contribution in [1.82, 2.24) is 0 Å². The van der Waals surface area contributed by atoms with Gasteiger partial charge < -0.3 is 0 Å². The molecule has 2 radical (unpaired) electrons. The van der Waals surface area contributed by atoms with E-state index in [1.807, 2.05) is 0 Å². The second-order valence-corrected chi connectivity index (χ2v) is 7.77. The molecule has 3 aromatic carbocycles. The molecule has 29 heavy (non-hydrogen) atoms. The molecule has 1 unspecified atom stereocenters. The molecule has 4 rings (SSSR count). The van der Waals surface area contributed by atoms with Gasteiger partial charge in [0.25, 0.3) is 0 Å². The molecule has 1 aliphatic carbocycles. The Morgan fingerprint density at radius 1 is 0.862 bits per heavy atom. The van der Waals surface area contributed by atoms with E-state index in [0.717, 1.165) is 0 Å². The molecule has 0 bridgehead atoms. The summed E-state index contributed by atoms with van der Waals surface area (Å²) in [6, 6.07) is 23.4. The summed E-state index contributed by atoms with van der Waals surface area (Å²) in [5, 5.41) is 2.65. The molecule has 0 spiro atoms. The van der Waals surface area contributed by atoms with Gasteiger partial charge in [0.05, 0.1) is 0 Å². The predicted octanol–water partition coefficient (Wildman–Crippen LogP) is 7.75. The van der Waals surface area contributed by atoms with E-state index in [1.54, 1.807) is 11.1 Å². The van der Waals surface area contributed by atoms with Gasteiger partial charge in [-0.3, -0.25) is 0 Å². The van der Waals surface area contributed by atoms with Crippen molar-refractivity contribution in [1.29, 1.82) is 0 Å². The fourth-order valence-corrected chi connectivity index (χ4v) is 4.19. The van der Waals surface area contributed by atoms with Gasteiger partial charge in [-0.05, 0) is 12.8 Å². The summed E-state index contributed by atoms with van der Waals surface area (Å²) in [6.07, 6.45) is 0. The van der Waals surface area contributed by atoms with Crippen LogP contribution in [0.5, 0.6) is 0 Å². The molecule has 0 N–H and O–H groups in total. The van der Waals surface area contributed by atoms with Crippen molar-refractivity contribution in [2.75, 3.05) is 0 Å². The first-order valence-electron chi connectivity index (χ1n) is 10.1. The van der Waals surface area contributed by atoms with Crippen LogP contribution in [0.3, 0.4) is 0 Å². The maximum absolute atomic E-state index is 3.06. The quantitative estimate of drug-likeness (QED) is 0.264. The molecule has 3 aromatic rings. The third-order valence-electron chi connectivity index (χ3n) is 5.94. The summed E-state index contributed by atoms with van der Waals surface area (Å²) in [7, 11) is 0. The van der Waals surface area contributed by atoms with Crippen molar-refractivity contribution >= 4 is 17.7 Å². The van der Waals surface area contributed by atoms with Gasteiger partial charge in [-0.1, -0.05) is 61.4 Å². The van der Waals surface area contributed by atoms with Crippen molar-refractivity contribution in [2.45, 2.75) is 41.5 Å². The van der Waals surface area contributed by atoms with E-state index < -0.39 is 0 Å². The third-order valence-corrected chi connectivity index (χ3v) is 5.94. The molecule has 0 saturated heterocycles. The summed E-state index contributed by atoms with van der Waals surface area (Å²) < 4.78 is 0. The topological polar surface area (TPSA) is 0 Å². The Morgan fingerprint density at radius 3 is 1.97 bits per heavy atom. The van der Waals surface area contributed by atoms with Gasteiger partial charge in [0.15, 0.2) is 0 Å². The number of benzene rings is 2. The molecular formula is C27H30SiZr. The number of hydrogen-bond donors (Lipinski definition) is 0. The van der Waals surface area contributed by atoms with E-state index in [4.69, 9.17) is 0 Å². The van der Waals surface area contributed by atoms with Crippen LogP contribution in [0.15, 0.2) is 89.0 Å². The second kappa shape index (κ2) is 11.0. The van der Waals surface area contributed by atoms with Crippen LogP contribution in [0.25, 0.3) is 21.9 Å². The van der Waals surface area contributed by atoms with Gasteiger partial charge in [0, 0.05) is 0 Å². The van der Waals surface area contributed by atoms with Crippen molar-refractivity contribution in [3.63, 3.8) is 0 Å². The van der Waals surface area contributed by atoms with Gasteiger partial charge in [0.1, 0.15) is 0 Å². The average molecular weight is 474 g/mol. The zero-order valence-corrected chi connectivity index (χ0v) is 21.9. The minimum absolute atomic E-state index is 0.648. The summed E-state index contributed by atoms with van der Waals surface area (Å²) in [5.41, 5.74) is 8.72. The fourth-order valence-electron chi connectivity index (χ4n) is 4.19. The Bertz CT molecular complexity index is 1010. The van der Waals surface area contributed by atoms with Gasteiger partial charge in [-0.15, -0.1) is 73.0 Å². The molecule has 0 heterocycles. The minimum Gasteiger partial charge on any atom is -0.150 e. The fraction of sp³-hybridized carbons (Fsp3) is 0.259. The molecule has 0 aliphatic heterocycles. The Kier molecular flexibility index (Phi) is 9.05.